The highest BCUT2D eigenvalue weighted by atomic mass is 32.2. The number of hydrogen-bond acceptors (Lipinski definition) is 7. The number of ether oxygens (including phenoxy) is 2. The number of para-hydroxylation sites is 1. The Bertz CT molecular complexity index is 1470. The zero-order valence-electron chi connectivity index (χ0n) is 18.5. The first-order chi connectivity index (χ1) is 16.4. The van der Waals surface area contributed by atoms with Crippen LogP contribution in [0.2, 0.25) is 0 Å². The summed E-state index contributed by atoms with van der Waals surface area (Å²) in [4.78, 5) is 23.9. The van der Waals surface area contributed by atoms with Crippen molar-refractivity contribution < 1.29 is 22.7 Å². The maximum absolute atomic E-state index is 13.0. The molecule has 0 aliphatic carbocycles. The van der Waals surface area contributed by atoms with Gasteiger partial charge in [0.25, 0.3) is 12.0 Å². The Balaban J connectivity index is 1.93. The van der Waals surface area contributed by atoms with Gasteiger partial charge in [0.1, 0.15) is 22.9 Å². The number of aryl methyl sites for hydroxylation is 1. The van der Waals surface area contributed by atoms with Gasteiger partial charge >= 0.3 is 0 Å². The predicted molar refractivity (Wildman–Crippen MR) is 130 cm³/mol. The van der Waals surface area contributed by atoms with Crippen molar-refractivity contribution in [2.75, 3.05) is 11.2 Å². The minimum atomic E-state index is -2.61. The number of pyridine rings is 1. The molecule has 0 radical (unpaired) electrons. The zero-order chi connectivity index (χ0) is 24.2. The van der Waals surface area contributed by atoms with Gasteiger partial charge in [-0.15, -0.1) is 0 Å². The fourth-order valence-corrected chi connectivity index (χ4v) is 4.07. The molecule has 0 aliphatic heterocycles. The average Bonchev–Trinajstić information content (AvgIpc) is 3.27. The quantitative estimate of drug-likeness (QED) is 0.278. The van der Waals surface area contributed by atoms with Crippen LogP contribution in [-0.4, -0.2) is 29.9 Å². The maximum atomic E-state index is 13.0. The highest BCUT2D eigenvalue weighted by Gasteiger charge is 2.19. The lowest BCUT2D eigenvalue weighted by molar-refractivity contribution is -0.136. The van der Waals surface area contributed by atoms with E-state index in [9.17, 15) is 18.0 Å². The van der Waals surface area contributed by atoms with Crippen molar-refractivity contribution in [2.24, 2.45) is 7.05 Å². The first-order valence-electron chi connectivity index (χ1n) is 10.4. The van der Waals surface area contributed by atoms with E-state index >= 15 is 0 Å². The van der Waals surface area contributed by atoms with Crippen LogP contribution in [0, 0.1) is 0 Å². The molecule has 10 heteroatoms. The van der Waals surface area contributed by atoms with E-state index in [1.54, 1.807) is 55.2 Å². The van der Waals surface area contributed by atoms with Crippen LogP contribution >= 0.6 is 0 Å². The van der Waals surface area contributed by atoms with Crippen molar-refractivity contribution in [3.63, 3.8) is 0 Å². The highest BCUT2D eigenvalue weighted by molar-refractivity contribution is 7.72. The summed E-state index contributed by atoms with van der Waals surface area (Å²) in [7, 11) is -0.980. The van der Waals surface area contributed by atoms with Crippen molar-refractivity contribution >= 4 is 33.8 Å². The third-order valence-electron chi connectivity index (χ3n) is 5.35. The van der Waals surface area contributed by atoms with E-state index in [4.69, 9.17) is 9.47 Å². The van der Waals surface area contributed by atoms with Gasteiger partial charge in [0, 0.05) is 41.6 Å². The number of hydrogen-bond donors (Lipinski definition) is 2. The summed E-state index contributed by atoms with van der Waals surface area (Å²) in [5, 5.41) is 3.51. The summed E-state index contributed by atoms with van der Waals surface area (Å²) >= 11 is 0. The molecule has 0 saturated carbocycles. The van der Waals surface area contributed by atoms with E-state index in [0.717, 1.165) is 0 Å². The Morgan fingerprint density at radius 2 is 1.85 bits per heavy atom. The van der Waals surface area contributed by atoms with Crippen LogP contribution in [0.4, 0.5) is 5.69 Å². The second kappa shape index (κ2) is 9.84. The third kappa shape index (κ3) is 4.67. The summed E-state index contributed by atoms with van der Waals surface area (Å²) in [5.41, 5.74) is 2.02. The molecule has 4 rings (SSSR count). The molecular formula is C24H23N3O6S. The number of nitrogens with one attached hydrogen (secondary N) is 1. The Hall–Kier alpha value is -4.05. The molecule has 1 atom stereocenters. The maximum Gasteiger partial charge on any atom is 0.295 e. The van der Waals surface area contributed by atoms with Gasteiger partial charge in [0.05, 0.1) is 0 Å². The molecule has 34 heavy (non-hydrogen) atoms. The van der Waals surface area contributed by atoms with Crippen LogP contribution in [0.15, 0.2) is 71.8 Å². The molecule has 0 amide bonds. The molecule has 176 valence electrons. The predicted octanol–water partition coefficient (Wildman–Crippen LogP) is 3.47. The minimum absolute atomic E-state index is 0.215. The minimum Gasteiger partial charge on any atom is -0.457 e. The molecule has 0 spiro atoms. The smallest absolute Gasteiger partial charge is 0.295 e. The lowest BCUT2D eigenvalue weighted by Crippen LogP contribution is -2.21. The molecular weight excluding hydrogens is 458 g/mol. The van der Waals surface area contributed by atoms with E-state index in [0.29, 0.717) is 45.7 Å². The van der Waals surface area contributed by atoms with E-state index in [1.807, 2.05) is 30.3 Å². The monoisotopic (exact) mass is 481 g/mol. The summed E-state index contributed by atoms with van der Waals surface area (Å²) in [6.45, 7) is 2.01. The summed E-state index contributed by atoms with van der Waals surface area (Å²) in [6.07, 6.45) is 2.70. The van der Waals surface area contributed by atoms with Gasteiger partial charge in [-0.25, -0.2) is 8.42 Å². The van der Waals surface area contributed by atoms with Crippen molar-refractivity contribution in [3.05, 3.63) is 77.3 Å². The fraction of sp³-hybridized carbons (Fsp3) is 0.167. The van der Waals surface area contributed by atoms with Crippen LogP contribution in [0.1, 0.15) is 13.2 Å². The van der Waals surface area contributed by atoms with Crippen molar-refractivity contribution in [1.82, 2.24) is 9.13 Å². The summed E-state index contributed by atoms with van der Waals surface area (Å²) in [5.74, 6) is 0.930. The van der Waals surface area contributed by atoms with E-state index < -0.39 is 16.9 Å². The fourth-order valence-electron chi connectivity index (χ4n) is 3.75. The van der Waals surface area contributed by atoms with Crippen LogP contribution in [-0.2, 0) is 27.3 Å². The first-order valence-corrected chi connectivity index (χ1v) is 11.8. The lowest BCUT2D eigenvalue weighted by Gasteiger charge is -2.17. The number of carbonyl (C=O) groups is 1. The number of thiol groups is 1. The van der Waals surface area contributed by atoms with E-state index in [2.05, 4.69) is 5.32 Å². The van der Waals surface area contributed by atoms with Crippen LogP contribution in [0.3, 0.4) is 0 Å². The van der Waals surface area contributed by atoms with Gasteiger partial charge in [0.15, 0.2) is 16.9 Å². The Morgan fingerprint density at radius 1 is 1.09 bits per heavy atom. The third-order valence-corrected chi connectivity index (χ3v) is 5.76. The van der Waals surface area contributed by atoms with Crippen molar-refractivity contribution in [2.45, 2.75) is 13.2 Å². The standard InChI is InChI=1S/C24H23N3O6S/c1-16(32-15-28)27-11-10-19-21(13-26(2)24(29)23(19)27)20-12-17(25-14-34(30)31)8-9-22(20)33-18-6-4-3-5-7-18/h3-13,15-16,25,34H,14H2,1-2H3. The largest absolute Gasteiger partial charge is 0.457 e. The second-order valence-electron chi connectivity index (χ2n) is 7.57. The lowest BCUT2D eigenvalue weighted by atomic mass is 10.0. The number of rotatable bonds is 9. The van der Waals surface area contributed by atoms with E-state index in [1.165, 1.54) is 4.57 Å². The molecule has 9 nitrogen and oxygen atoms in total. The van der Waals surface area contributed by atoms with Gasteiger partial charge in [-0.05, 0) is 43.3 Å². The molecule has 0 fully saturated rings. The van der Waals surface area contributed by atoms with Gasteiger partial charge in [-0.2, -0.15) is 0 Å². The molecule has 1 N–H and O–H groups in total. The van der Waals surface area contributed by atoms with Gasteiger partial charge in [0.2, 0.25) is 0 Å². The number of carbonyl (C=O) groups excluding carboxylic acids is 1. The number of benzene rings is 2. The average molecular weight is 482 g/mol. The zero-order valence-corrected chi connectivity index (χ0v) is 19.4. The normalized spacial score (nSPS) is 12.0. The van der Waals surface area contributed by atoms with E-state index in [-0.39, 0.29) is 11.4 Å². The summed E-state index contributed by atoms with van der Waals surface area (Å²) < 4.78 is 36.4. The Kier molecular flexibility index (Phi) is 6.69. The Morgan fingerprint density at radius 3 is 2.56 bits per heavy atom. The van der Waals surface area contributed by atoms with Gasteiger partial charge in [-0.1, -0.05) is 18.2 Å². The molecule has 0 bridgehead atoms. The highest BCUT2D eigenvalue weighted by Crippen LogP contribution is 2.39. The first kappa shape index (κ1) is 23.1. The molecule has 2 aromatic heterocycles. The molecule has 0 aliphatic rings. The molecule has 2 aromatic carbocycles. The molecule has 1 unspecified atom stereocenters. The number of anilines is 1. The topological polar surface area (TPSA) is 109 Å². The molecule has 2 heterocycles. The SMILES string of the molecule is CC(OC=O)n1ccc2c(-c3cc(NC[SH](=O)=O)ccc3Oc3ccccc3)cn(C)c(=O)c21. The van der Waals surface area contributed by atoms with Crippen molar-refractivity contribution in [3.8, 4) is 22.6 Å². The number of aromatic nitrogens is 2. The number of fused-ring (bicyclic) bond motifs is 1. The number of nitrogens with zero attached hydrogens (tertiary/aromatic N) is 2. The molecule has 4 aromatic rings. The van der Waals surface area contributed by atoms with Gasteiger partial charge in [-0.3, -0.25) is 9.59 Å². The van der Waals surface area contributed by atoms with Crippen LogP contribution in [0.25, 0.3) is 22.0 Å². The van der Waals surface area contributed by atoms with Crippen LogP contribution in [0.5, 0.6) is 11.5 Å². The Labute approximate surface area is 197 Å². The second-order valence-corrected chi connectivity index (χ2v) is 8.55. The summed E-state index contributed by atoms with van der Waals surface area (Å²) in [6, 6.07) is 16.3. The van der Waals surface area contributed by atoms with Crippen molar-refractivity contribution in [1.29, 1.82) is 0 Å². The molecule has 0 saturated heterocycles. The van der Waals surface area contributed by atoms with Gasteiger partial charge < -0.3 is 23.9 Å². The van der Waals surface area contributed by atoms with Crippen LogP contribution < -0.4 is 15.6 Å².